The topological polar surface area (TPSA) is 32.5 Å². The molecule has 0 spiro atoms. The van der Waals surface area contributed by atoms with Gasteiger partial charge in [-0.05, 0) is 21.1 Å². The molecule has 0 radical (unpaired) electrons. The van der Waals surface area contributed by atoms with E-state index in [1.807, 2.05) is 33.3 Å². The van der Waals surface area contributed by atoms with Crippen LogP contribution in [0.4, 0.5) is 4.39 Å². The first kappa shape index (κ1) is 14.1. The Balaban J connectivity index is 2.62. The summed E-state index contributed by atoms with van der Waals surface area (Å²) in [5.74, 6) is -0.160. The Bertz CT molecular complexity index is 353. The molecule has 0 aliphatic carbocycles. The van der Waals surface area contributed by atoms with Gasteiger partial charge in [0.25, 0.3) is 0 Å². The molecular formula is C13H22FN3. The summed E-state index contributed by atoms with van der Waals surface area (Å²) in [6.07, 6.45) is 0. The lowest BCUT2D eigenvalue weighted by Crippen LogP contribution is -2.28. The maximum absolute atomic E-state index is 13.9. The Kier molecular flexibility index (Phi) is 5.55. The first-order valence-electron chi connectivity index (χ1n) is 5.84. The van der Waals surface area contributed by atoms with Crippen LogP contribution >= 0.6 is 0 Å². The summed E-state index contributed by atoms with van der Waals surface area (Å²) in [4.78, 5) is 4.22. The average Bonchev–Trinajstić information content (AvgIpc) is 2.29. The molecular weight excluding hydrogens is 217 g/mol. The highest BCUT2D eigenvalue weighted by Crippen LogP contribution is 2.14. The van der Waals surface area contributed by atoms with E-state index in [9.17, 15) is 4.39 Å². The van der Waals surface area contributed by atoms with Crippen molar-refractivity contribution in [1.82, 2.24) is 9.80 Å². The fraction of sp³-hybridized carbons (Fsp3) is 0.538. The zero-order chi connectivity index (χ0) is 12.8. The van der Waals surface area contributed by atoms with Crippen LogP contribution in [-0.2, 0) is 13.1 Å². The molecule has 1 aromatic carbocycles. The zero-order valence-electron chi connectivity index (χ0n) is 10.9. The van der Waals surface area contributed by atoms with Gasteiger partial charge in [-0.2, -0.15) is 0 Å². The van der Waals surface area contributed by atoms with Gasteiger partial charge in [-0.3, -0.25) is 0 Å². The molecule has 0 saturated heterocycles. The van der Waals surface area contributed by atoms with Crippen LogP contribution < -0.4 is 5.73 Å². The molecule has 0 saturated carbocycles. The molecule has 3 nitrogen and oxygen atoms in total. The molecule has 4 heteroatoms. The molecule has 0 amide bonds. The minimum absolute atomic E-state index is 0.160. The molecule has 96 valence electrons. The summed E-state index contributed by atoms with van der Waals surface area (Å²) < 4.78 is 13.9. The number of hydrogen-bond donors (Lipinski definition) is 1. The quantitative estimate of drug-likeness (QED) is 0.811. The highest BCUT2D eigenvalue weighted by molar-refractivity contribution is 5.25. The molecule has 1 aromatic rings. The highest BCUT2D eigenvalue weighted by Gasteiger charge is 2.09. The van der Waals surface area contributed by atoms with Crippen molar-refractivity contribution in [2.75, 3.05) is 34.2 Å². The minimum Gasteiger partial charge on any atom is -0.326 e. The van der Waals surface area contributed by atoms with Crippen molar-refractivity contribution in [3.63, 3.8) is 0 Å². The minimum atomic E-state index is -0.160. The van der Waals surface area contributed by atoms with Gasteiger partial charge in [-0.25, -0.2) is 4.39 Å². The fourth-order valence-electron chi connectivity index (χ4n) is 1.65. The van der Waals surface area contributed by atoms with Crippen LogP contribution in [0.5, 0.6) is 0 Å². The van der Waals surface area contributed by atoms with Crippen LogP contribution in [0.3, 0.4) is 0 Å². The van der Waals surface area contributed by atoms with E-state index in [2.05, 4.69) is 9.80 Å². The van der Waals surface area contributed by atoms with Crippen LogP contribution in [0, 0.1) is 5.82 Å². The Morgan fingerprint density at radius 2 is 1.76 bits per heavy atom. The van der Waals surface area contributed by atoms with Gasteiger partial charge in [0.05, 0.1) is 0 Å². The van der Waals surface area contributed by atoms with E-state index in [1.165, 1.54) is 0 Å². The number of nitrogens with zero attached hydrogens (tertiary/aromatic N) is 2. The Morgan fingerprint density at radius 1 is 1.12 bits per heavy atom. The van der Waals surface area contributed by atoms with Gasteiger partial charge in [-0.15, -0.1) is 0 Å². The molecule has 0 fully saturated rings. The lowest BCUT2D eigenvalue weighted by Gasteiger charge is -2.20. The van der Waals surface area contributed by atoms with E-state index < -0.39 is 0 Å². The molecule has 0 bridgehead atoms. The largest absolute Gasteiger partial charge is 0.326 e. The van der Waals surface area contributed by atoms with Crippen molar-refractivity contribution in [2.45, 2.75) is 13.1 Å². The van der Waals surface area contributed by atoms with Crippen LogP contribution in [0.15, 0.2) is 18.2 Å². The van der Waals surface area contributed by atoms with Crippen molar-refractivity contribution in [1.29, 1.82) is 0 Å². The van der Waals surface area contributed by atoms with Gasteiger partial charge >= 0.3 is 0 Å². The van der Waals surface area contributed by atoms with E-state index >= 15 is 0 Å². The summed E-state index contributed by atoms with van der Waals surface area (Å²) in [5, 5.41) is 0. The second-order valence-electron chi connectivity index (χ2n) is 4.64. The average molecular weight is 239 g/mol. The maximum Gasteiger partial charge on any atom is 0.132 e. The normalized spacial score (nSPS) is 11.5. The number of hydrogen-bond acceptors (Lipinski definition) is 3. The number of rotatable bonds is 6. The summed E-state index contributed by atoms with van der Waals surface area (Å²) in [6.45, 7) is 2.75. The predicted octanol–water partition coefficient (Wildman–Crippen LogP) is 1.28. The third kappa shape index (κ3) is 4.42. The standard InChI is InChI=1S/C13H22FN3/c1-16(2)7-8-17(3)10-12-6-4-5-11(9-15)13(12)14/h4-6H,7-10,15H2,1-3H3. The van der Waals surface area contributed by atoms with Gasteiger partial charge in [0, 0.05) is 37.3 Å². The second-order valence-corrected chi connectivity index (χ2v) is 4.64. The van der Waals surface area contributed by atoms with Gasteiger partial charge in [0.2, 0.25) is 0 Å². The third-order valence-electron chi connectivity index (χ3n) is 2.75. The number of benzene rings is 1. The lowest BCUT2D eigenvalue weighted by molar-refractivity contribution is 0.273. The predicted molar refractivity (Wildman–Crippen MR) is 69.2 cm³/mol. The van der Waals surface area contributed by atoms with Gasteiger partial charge in [0.1, 0.15) is 5.82 Å². The molecule has 0 aliphatic heterocycles. The van der Waals surface area contributed by atoms with Crippen LogP contribution in [-0.4, -0.2) is 44.0 Å². The summed E-state index contributed by atoms with van der Waals surface area (Å²) in [7, 11) is 6.06. The number of likely N-dealkylation sites (N-methyl/N-ethyl adjacent to an activating group) is 2. The monoisotopic (exact) mass is 239 g/mol. The first-order valence-corrected chi connectivity index (χ1v) is 5.84. The lowest BCUT2D eigenvalue weighted by atomic mass is 10.1. The van der Waals surface area contributed by atoms with Crippen LogP contribution in [0.25, 0.3) is 0 Å². The molecule has 0 unspecified atom stereocenters. The van der Waals surface area contributed by atoms with E-state index in [1.54, 1.807) is 6.07 Å². The van der Waals surface area contributed by atoms with Crippen molar-refractivity contribution in [2.24, 2.45) is 5.73 Å². The third-order valence-corrected chi connectivity index (χ3v) is 2.75. The molecule has 0 atom stereocenters. The molecule has 1 rings (SSSR count). The van der Waals surface area contributed by atoms with Gasteiger partial charge < -0.3 is 15.5 Å². The Labute approximate surface area is 103 Å². The zero-order valence-corrected chi connectivity index (χ0v) is 10.9. The maximum atomic E-state index is 13.9. The Morgan fingerprint density at radius 3 is 2.35 bits per heavy atom. The van der Waals surface area contributed by atoms with Crippen LogP contribution in [0.2, 0.25) is 0 Å². The fourth-order valence-corrected chi connectivity index (χ4v) is 1.65. The second kappa shape index (κ2) is 6.69. The smallest absolute Gasteiger partial charge is 0.132 e. The van der Waals surface area contributed by atoms with E-state index in [-0.39, 0.29) is 12.4 Å². The Hall–Kier alpha value is -0.970. The van der Waals surface area contributed by atoms with Crippen molar-refractivity contribution < 1.29 is 4.39 Å². The van der Waals surface area contributed by atoms with Crippen LogP contribution in [0.1, 0.15) is 11.1 Å². The van der Waals surface area contributed by atoms with Crippen molar-refractivity contribution >= 4 is 0 Å². The van der Waals surface area contributed by atoms with E-state index in [0.29, 0.717) is 17.7 Å². The SMILES string of the molecule is CN(C)CCN(C)Cc1cccc(CN)c1F. The number of halogens is 1. The van der Waals surface area contributed by atoms with Crippen molar-refractivity contribution in [3.8, 4) is 0 Å². The molecule has 0 heterocycles. The van der Waals surface area contributed by atoms with E-state index in [0.717, 1.165) is 13.1 Å². The number of nitrogens with two attached hydrogens (primary N) is 1. The van der Waals surface area contributed by atoms with Gasteiger partial charge in [0.15, 0.2) is 0 Å². The van der Waals surface area contributed by atoms with E-state index in [4.69, 9.17) is 5.73 Å². The summed E-state index contributed by atoms with van der Waals surface area (Å²) in [5.41, 5.74) is 6.79. The van der Waals surface area contributed by atoms with Crippen molar-refractivity contribution in [3.05, 3.63) is 35.1 Å². The molecule has 0 aliphatic rings. The summed E-state index contributed by atoms with van der Waals surface area (Å²) >= 11 is 0. The highest BCUT2D eigenvalue weighted by atomic mass is 19.1. The summed E-state index contributed by atoms with van der Waals surface area (Å²) in [6, 6.07) is 5.42. The molecule has 2 N–H and O–H groups in total. The molecule has 17 heavy (non-hydrogen) atoms. The first-order chi connectivity index (χ1) is 8.04. The van der Waals surface area contributed by atoms with Gasteiger partial charge in [-0.1, -0.05) is 18.2 Å². The molecule has 0 aromatic heterocycles.